The summed E-state index contributed by atoms with van der Waals surface area (Å²) in [6.45, 7) is 14.5. The van der Waals surface area contributed by atoms with Gasteiger partial charge in [0.15, 0.2) is 0 Å². The maximum Gasteiger partial charge on any atom is 1.00 e. The number of hydrogen-bond donors (Lipinski definition) is 0. The van der Waals surface area contributed by atoms with Crippen molar-refractivity contribution in [2.45, 2.75) is 5.16 Å². The molecule has 6 radical (unpaired) electrons. The van der Waals surface area contributed by atoms with Gasteiger partial charge in [0.25, 0.3) is 0 Å². The van der Waals surface area contributed by atoms with Gasteiger partial charge in [-0.15, -0.1) is 0 Å². The van der Waals surface area contributed by atoms with Gasteiger partial charge in [0.05, 0.1) is 0 Å². The zero-order valence-electron chi connectivity index (χ0n) is 4.73. The Morgan fingerprint density at radius 2 is 1.00 bits per heavy atom. The molecule has 0 aromatic carbocycles. The van der Waals surface area contributed by atoms with E-state index < -0.39 is 5.16 Å². The van der Waals surface area contributed by atoms with Crippen LogP contribution in [-0.2, 0) is 0 Å². The monoisotopic (exact) mass is 349 g/mol. The van der Waals surface area contributed by atoms with E-state index in [1.165, 1.54) is 0 Å². The van der Waals surface area contributed by atoms with E-state index in [1.807, 2.05) is 0 Å². The molecule has 0 spiro atoms. The molecule has 0 fully saturated rings. The van der Waals surface area contributed by atoms with E-state index >= 15 is 0 Å². The summed E-state index contributed by atoms with van der Waals surface area (Å²) in [5, 5.41) is -1.19. The Morgan fingerprint density at radius 1 is 1.00 bits per heavy atom. The molecule has 0 aliphatic rings. The molecular formula is C4H4Cs2P+. The summed E-state index contributed by atoms with van der Waals surface area (Å²) in [6, 6.07) is 0. The van der Waals surface area contributed by atoms with Crippen LogP contribution in [0.15, 0.2) is 0 Å². The van der Waals surface area contributed by atoms with Crippen LogP contribution in [0.4, 0.5) is 0 Å². The van der Waals surface area contributed by atoms with Gasteiger partial charge in [-0.05, 0) is 0 Å². The fourth-order valence-corrected chi connectivity index (χ4v) is 0. The molecule has 0 aromatic heterocycles. The standard InChI is InChI=1S/C4H4P.2Cs/c1-4(2,3)5;;/h1-3,5H;;/q-1;2*+1. The third-order valence-corrected chi connectivity index (χ3v) is 0. The van der Waals surface area contributed by atoms with Crippen molar-refractivity contribution in [3.05, 3.63) is 20.8 Å². The van der Waals surface area contributed by atoms with Gasteiger partial charge >= 0.3 is 138 Å². The summed E-state index contributed by atoms with van der Waals surface area (Å²) >= 11 is 0. The fraction of sp³-hybridized carbons (Fsp3) is 0.250. The first-order chi connectivity index (χ1) is 2.00. The van der Waals surface area contributed by atoms with Crippen LogP contribution in [0.2, 0.25) is 0 Å². The molecule has 0 unspecified atom stereocenters. The van der Waals surface area contributed by atoms with Crippen LogP contribution in [0.1, 0.15) is 0 Å². The molecule has 0 heterocycles. The van der Waals surface area contributed by atoms with E-state index in [1.54, 1.807) is 0 Å². The first-order valence-corrected chi connectivity index (χ1v) is 1.62. The van der Waals surface area contributed by atoms with Crippen molar-refractivity contribution in [3.63, 3.8) is 0 Å². The SMILES string of the molecule is [CH]C([CH])([CH])[PH-].[Cs+].[Cs+]. The van der Waals surface area contributed by atoms with Crippen molar-refractivity contribution in [1.29, 1.82) is 0 Å². The smallest absolute Gasteiger partial charge is 0.551 e. The van der Waals surface area contributed by atoms with Crippen LogP contribution in [0.5, 0.6) is 0 Å². The van der Waals surface area contributed by atoms with Gasteiger partial charge in [-0.25, -0.2) is 0 Å². The molecule has 0 rings (SSSR count). The van der Waals surface area contributed by atoms with Gasteiger partial charge in [-0.3, -0.25) is 0 Å². The maximum absolute atomic E-state index is 4.82. The third kappa shape index (κ3) is 37.3. The Hall–Kier alpha value is 4.53. The summed E-state index contributed by atoms with van der Waals surface area (Å²) in [6.07, 6.45) is 0. The van der Waals surface area contributed by atoms with Crippen molar-refractivity contribution in [2.75, 3.05) is 0 Å². The van der Waals surface area contributed by atoms with E-state index in [2.05, 4.69) is 9.24 Å². The molecule has 0 atom stereocenters. The topological polar surface area (TPSA) is 0 Å². The van der Waals surface area contributed by atoms with E-state index in [0.29, 0.717) is 0 Å². The van der Waals surface area contributed by atoms with Crippen LogP contribution in [-0.4, -0.2) is 5.16 Å². The molecule has 3 heteroatoms. The van der Waals surface area contributed by atoms with Crippen molar-refractivity contribution in [2.24, 2.45) is 0 Å². The number of rotatable bonds is 0. The summed E-state index contributed by atoms with van der Waals surface area (Å²) in [4.78, 5) is 0. The number of hydrogen-bond acceptors (Lipinski definition) is 0. The van der Waals surface area contributed by atoms with Gasteiger partial charge in [-0.1, -0.05) is 20.8 Å². The normalized spacial score (nSPS) is 8.57. The minimum Gasteiger partial charge on any atom is -0.551 e. The van der Waals surface area contributed by atoms with Gasteiger partial charge in [-0.2, -0.15) is 5.16 Å². The van der Waals surface area contributed by atoms with Crippen molar-refractivity contribution < 1.29 is 138 Å². The Morgan fingerprint density at radius 3 is 1.00 bits per heavy atom. The van der Waals surface area contributed by atoms with Crippen LogP contribution < -0.4 is 138 Å². The molecule has 0 saturated heterocycles. The second kappa shape index (κ2) is 8.63. The minimum atomic E-state index is -1.19. The van der Waals surface area contributed by atoms with Gasteiger partial charge in [0, 0.05) is 0 Å². The quantitative estimate of drug-likeness (QED) is 0.385. The van der Waals surface area contributed by atoms with Crippen molar-refractivity contribution >= 4 is 9.24 Å². The Labute approximate surface area is 167 Å². The zero-order valence-corrected chi connectivity index (χ0v) is 18.3. The molecule has 0 aromatic rings. The average molecular weight is 349 g/mol. The predicted octanol–water partition coefficient (Wildman–Crippen LogP) is -4.99. The maximum atomic E-state index is 4.82. The zero-order chi connectivity index (χ0) is 4.50. The third-order valence-electron chi connectivity index (χ3n) is 0. The second-order valence-electron chi connectivity index (χ2n) is 0.933. The van der Waals surface area contributed by atoms with Crippen LogP contribution >= 0.6 is 9.24 Å². The van der Waals surface area contributed by atoms with Gasteiger partial charge in [0.2, 0.25) is 0 Å². The summed E-state index contributed by atoms with van der Waals surface area (Å²) in [5.41, 5.74) is 0. The molecule has 26 valence electrons. The van der Waals surface area contributed by atoms with Gasteiger partial charge in [0.1, 0.15) is 0 Å². The van der Waals surface area contributed by atoms with Gasteiger partial charge < -0.3 is 9.24 Å². The molecule has 0 saturated carbocycles. The summed E-state index contributed by atoms with van der Waals surface area (Å²) in [7, 11) is 2.75. The first kappa shape index (κ1) is 17.6. The summed E-state index contributed by atoms with van der Waals surface area (Å²) in [5.74, 6) is 0. The molecule has 0 bridgehead atoms. The molecular weight excluding hydrogens is 345 g/mol. The van der Waals surface area contributed by atoms with E-state index in [9.17, 15) is 0 Å². The predicted molar refractivity (Wildman–Crippen MR) is 23.9 cm³/mol. The van der Waals surface area contributed by atoms with Crippen LogP contribution in [0, 0.1) is 20.8 Å². The Balaban J connectivity index is -0.0000000800. The summed E-state index contributed by atoms with van der Waals surface area (Å²) < 4.78 is 0. The van der Waals surface area contributed by atoms with Crippen molar-refractivity contribution in [3.8, 4) is 0 Å². The Bertz CT molecular complexity index is 25.2. The molecule has 0 amide bonds. The average Bonchev–Trinajstić information content (AvgIpc) is 0.722. The molecule has 0 aliphatic carbocycles. The molecule has 7 heavy (non-hydrogen) atoms. The van der Waals surface area contributed by atoms with E-state index in [0.717, 1.165) is 0 Å². The Kier molecular flexibility index (Phi) is 21.7. The molecule has 0 aliphatic heterocycles. The fourth-order valence-electron chi connectivity index (χ4n) is 0. The minimum absolute atomic E-state index is 0. The molecule has 0 N–H and O–H groups in total. The van der Waals surface area contributed by atoms with E-state index in [4.69, 9.17) is 20.8 Å². The molecule has 0 nitrogen and oxygen atoms in total. The van der Waals surface area contributed by atoms with Crippen molar-refractivity contribution in [1.82, 2.24) is 0 Å². The van der Waals surface area contributed by atoms with Crippen LogP contribution in [0.25, 0.3) is 0 Å². The largest absolute Gasteiger partial charge is 1.00 e. The second-order valence-corrected chi connectivity index (χ2v) is 1.80. The van der Waals surface area contributed by atoms with Crippen LogP contribution in [0.3, 0.4) is 0 Å². The van der Waals surface area contributed by atoms with E-state index in [-0.39, 0.29) is 138 Å². The first-order valence-electron chi connectivity index (χ1n) is 1.12.